The van der Waals surface area contributed by atoms with Crippen molar-refractivity contribution in [2.45, 2.75) is 85.5 Å². The van der Waals surface area contributed by atoms with Crippen LogP contribution in [-0.4, -0.2) is 37.3 Å². The minimum atomic E-state index is 0.188. The van der Waals surface area contributed by atoms with Crippen LogP contribution in [0.1, 0.15) is 85.5 Å². The molecule has 0 aliphatic rings. The summed E-state index contributed by atoms with van der Waals surface area (Å²) in [6.07, 6.45) is 14.0. The zero-order valence-corrected chi connectivity index (χ0v) is 17.5. The maximum Gasteiger partial charge on any atom is 0.0614 e. The second-order valence-electron chi connectivity index (χ2n) is 8.56. The van der Waals surface area contributed by atoms with Crippen molar-refractivity contribution < 1.29 is 5.11 Å². The van der Waals surface area contributed by atoms with E-state index in [1.54, 1.807) is 0 Å². The predicted molar refractivity (Wildman–Crippen MR) is 108 cm³/mol. The van der Waals surface area contributed by atoms with Crippen LogP contribution >= 0.6 is 0 Å². The number of aliphatic hydroxyl groups excluding tert-OH is 1. The predicted octanol–water partition coefficient (Wildman–Crippen LogP) is 5.91. The summed E-state index contributed by atoms with van der Waals surface area (Å²) in [5, 5.41) is 8.86. The molecule has 0 amide bonds. The van der Waals surface area contributed by atoms with E-state index in [9.17, 15) is 0 Å². The van der Waals surface area contributed by atoms with Crippen LogP contribution in [0.15, 0.2) is 11.6 Å². The third-order valence-electron chi connectivity index (χ3n) is 5.17. The van der Waals surface area contributed by atoms with Gasteiger partial charge in [-0.3, -0.25) is 0 Å². The highest BCUT2D eigenvalue weighted by Crippen LogP contribution is 2.22. The topological polar surface area (TPSA) is 23.5 Å². The maximum atomic E-state index is 8.86. The summed E-state index contributed by atoms with van der Waals surface area (Å²) in [5.74, 6) is 2.56. The molecule has 0 saturated carbocycles. The normalized spacial score (nSPS) is 16.4. The first-order valence-electron chi connectivity index (χ1n) is 10.3. The number of rotatable bonds is 15. The standard InChI is InChI=1S/C22H45NO/c1-19(12-8-14-21(3)16-17-24)10-7-11-20(2)13-9-15-22(4)18-23(5)6/h16,19-20,22,24H,7-15,17-18H2,1-6H3/b21-16+. The van der Waals surface area contributed by atoms with Crippen LogP contribution in [0, 0.1) is 17.8 Å². The van der Waals surface area contributed by atoms with Crippen LogP contribution in [0.2, 0.25) is 0 Å². The zero-order chi connectivity index (χ0) is 18.4. The molecule has 2 heteroatoms. The zero-order valence-electron chi connectivity index (χ0n) is 17.5. The molecule has 24 heavy (non-hydrogen) atoms. The van der Waals surface area contributed by atoms with E-state index in [0.29, 0.717) is 0 Å². The molecule has 0 aromatic heterocycles. The van der Waals surface area contributed by atoms with Gasteiger partial charge in [0.15, 0.2) is 0 Å². The van der Waals surface area contributed by atoms with Gasteiger partial charge in [-0.25, -0.2) is 0 Å². The van der Waals surface area contributed by atoms with Gasteiger partial charge in [-0.1, -0.05) is 70.9 Å². The molecule has 0 radical (unpaired) electrons. The van der Waals surface area contributed by atoms with Gasteiger partial charge in [-0.15, -0.1) is 0 Å². The molecule has 0 heterocycles. The van der Waals surface area contributed by atoms with E-state index in [1.165, 1.54) is 63.5 Å². The van der Waals surface area contributed by atoms with Crippen molar-refractivity contribution in [2.24, 2.45) is 17.8 Å². The number of hydrogen-bond donors (Lipinski definition) is 1. The first-order valence-corrected chi connectivity index (χ1v) is 10.3. The van der Waals surface area contributed by atoms with Crippen molar-refractivity contribution >= 4 is 0 Å². The van der Waals surface area contributed by atoms with Crippen LogP contribution in [0.25, 0.3) is 0 Å². The van der Waals surface area contributed by atoms with E-state index in [1.807, 2.05) is 6.08 Å². The minimum Gasteiger partial charge on any atom is -0.392 e. The van der Waals surface area contributed by atoms with Crippen LogP contribution in [-0.2, 0) is 0 Å². The number of nitrogens with zero attached hydrogens (tertiary/aromatic N) is 1. The lowest BCUT2D eigenvalue weighted by Crippen LogP contribution is -2.19. The van der Waals surface area contributed by atoms with Gasteiger partial charge in [0.1, 0.15) is 0 Å². The average Bonchev–Trinajstić information content (AvgIpc) is 2.46. The molecule has 2 nitrogen and oxygen atoms in total. The fraction of sp³-hybridized carbons (Fsp3) is 0.909. The van der Waals surface area contributed by atoms with Crippen molar-refractivity contribution in [1.29, 1.82) is 0 Å². The van der Waals surface area contributed by atoms with Gasteiger partial charge in [0.25, 0.3) is 0 Å². The molecule has 0 aliphatic heterocycles. The lowest BCUT2D eigenvalue weighted by molar-refractivity contribution is 0.313. The molecule has 0 saturated heterocycles. The number of hydrogen-bond acceptors (Lipinski definition) is 2. The molecular formula is C22H45NO. The van der Waals surface area contributed by atoms with Gasteiger partial charge in [0.05, 0.1) is 6.61 Å². The quantitative estimate of drug-likeness (QED) is 0.375. The Morgan fingerprint density at radius 3 is 1.75 bits per heavy atom. The Bertz CT molecular complexity index is 311. The fourth-order valence-electron chi connectivity index (χ4n) is 3.62. The third kappa shape index (κ3) is 15.2. The third-order valence-corrected chi connectivity index (χ3v) is 5.17. The minimum absolute atomic E-state index is 0.188. The smallest absolute Gasteiger partial charge is 0.0614 e. The van der Waals surface area contributed by atoms with Crippen molar-refractivity contribution in [3.63, 3.8) is 0 Å². The van der Waals surface area contributed by atoms with Crippen LogP contribution < -0.4 is 0 Å². The summed E-state index contributed by atoms with van der Waals surface area (Å²) >= 11 is 0. The van der Waals surface area contributed by atoms with E-state index < -0.39 is 0 Å². The Morgan fingerprint density at radius 1 is 0.833 bits per heavy atom. The molecule has 0 rings (SSSR count). The summed E-state index contributed by atoms with van der Waals surface area (Å²) in [6.45, 7) is 10.8. The molecule has 0 aromatic rings. The molecule has 1 N–H and O–H groups in total. The summed E-state index contributed by atoms with van der Waals surface area (Å²) in [5.41, 5.74) is 1.34. The molecule has 0 fully saturated rings. The fourth-order valence-corrected chi connectivity index (χ4v) is 3.62. The van der Waals surface area contributed by atoms with Gasteiger partial charge >= 0.3 is 0 Å². The molecular weight excluding hydrogens is 294 g/mol. The molecule has 0 bridgehead atoms. The average molecular weight is 340 g/mol. The molecule has 0 spiro atoms. The lowest BCUT2D eigenvalue weighted by atomic mass is 9.91. The van der Waals surface area contributed by atoms with E-state index in [2.05, 4.69) is 46.7 Å². The Labute approximate surface area is 152 Å². The Kier molecular flexibility index (Phi) is 14.7. The summed E-state index contributed by atoms with van der Waals surface area (Å²) in [6, 6.07) is 0. The van der Waals surface area contributed by atoms with E-state index in [-0.39, 0.29) is 6.61 Å². The van der Waals surface area contributed by atoms with Crippen LogP contribution in [0.4, 0.5) is 0 Å². The lowest BCUT2D eigenvalue weighted by Gasteiger charge is -2.18. The Morgan fingerprint density at radius 2 is 1.29 bits per heavy atom. The van der Waals surface area contributed by atoms with Gasteiger partial charge in [0, 0.05) is 6.54 Å². The second-order valence-corrected chi connectivity index (χ2v) is 8.56. The van der Waals surface area contributed by atoms with Gasteiger partial charge < -0.3 is 10.0 Å². The monoisotopic (exact) mass is 339 g/mol. The molecule has 0 aliphatic carbocycles. The SMILES string of the molecule is C/C(=C\CO)CCCC(C)CCCC(C)CCCC(C)CN(C)C. The van der Waals surface area contributed by atoms with Crippen molar-refractivity contribution in [3.05, 3.63) is 11.6 Å². The van der Waals surface area contributed by atoms with Crippen molar-refractivity contribution in [2.75, 3.05) is 27.2 Å². The number of allylic oxidation sites excluding steroid dienone is 1. The largest absolute Gasteiger partial charge is 0.392 e. The summed E-state index contributed by atoms with van der Waals surface area (Å²) in [7, 11) is 4.34. The highest BCUT2D eigenvalue weighted by molar-refractivity contribution is 4.97. The Hall–Kier alpha value is -0.340. The maximum absolute atomic E-state index is 8.86. The van der Waals surface area contributed by atoms with Gasteiger partial charge in [-0.2, -0.15) is 0 Å². The molecule has 3 atom stereocenters. The van der Waals surface area contributed by atoms with E-state index >= 15 is 0 Å². The highest BCUT2D eigenvalue weighted by Gasteiger charge is 2.08. The van der Waals surface area contributed by atoms with E-state index in [0.717, 1.165) is 24.2 Å². The van der Waals surface area contributed by atoms with Crippen molar-refractivity contribution in [1.82, 2.24) is 4.90 Å². The highest BCUT2D eigenvalue weighted by atomic mass is 16.2. The number of aliphatic hydroxyl groups is 1. The van der Waals surface area contributed by atoms with Crippen LogP contribution in [0.5, 0.6) is 0 Å². The first-order chi connectivity index (χ1) is 11.3. The van der Waals surface area contributed by atoms with Crippen molar-refractivity contribution in [3.8, 4) is 0 Å². The molecule has 3 unspecified atom stereocenters. The molecule has 144 valence electrons. The Balaban J connectivity index is 3.59. The first kappa shape index (κ1) is 23.7. The summed E-state index contributed by atoms with van der Waals surface area (Å²) < 4.78 is 0. The van der Waals surface area contributed by atoms with E-state index in [4.69, 9.17) is 5.11 Å². The van der Waals surface area contributed by atoms with Gasteiger partial charge in [0.2, 0.25) is 0 Å². The summed E-state index contributed by atoms with van der Waals surface area (Å²) in [4.78, 5) is 2.30. The second kappa shape index (κ2) is 15.0. The van der Waals surface area contributed by atoms with Crippen LogP contribution in [0.3, 0.4) is 0 Å². The molecule has 0 aromatic carbocycles. The van der Waals surface area contributed by atoms with Gasteiger partial charge in [-0.05, 0) is 58.0 Å².